The van der Waals surface area contributed by atoms with Crippen LogP contribution in [-0.4, -0.2) is 21.5 Å². The molecule has 0 unspecified atom stereocenters. The zero-order valence-corrected chi connectivity index (χ0v) is 16.9. The summed E-state index contributed by atoms with van der Waals surface area (Å²) in [5, 5.41) is 7.01. The Bertz CT molecular complexity index is 1250. The fourth-order valence-electron chi connectivity index (χ4n) is 3.24. The Kier molecular flexibility index (Phi) is 5.71. The maximum atomic E-state index is 13.9. The molecule has 0 spiro atoms. The molecule has 0 saturated heterocycles. The van der Waals surface area contributed by atoms with Gasteiger partial charge in [0.2, 0.25) is 0 Å². The summed E-state index contributed by atoms with van der Waals surface area (Å²) >= 11 is 0. The summed E-state index contributed by atoms with van der Waals surface area (Å²) in [5.41, 5.74) is 2.64. The Hall–Kier alpha value is -4.06. The number of aromatic nitrogens is 2. The highest BCUT2D eigenvalue weighted by atomic mass is 19.1. The molecule has 3 aromatic carbocycles. The van der Waals surface area contributed by atoms with Crippen LogP contribution in [0.15, 0.2) is 85.1 Å². The van der Waals surface area contributed by atoms with E-state index in [1.54, 1.807) is 66.9 Å². The molecule has 1 N–H and O–H groups in total. The molecule has 31 heavy (non-hydrogen) atoms. The van der Waals surface area contributed by atoms with Crippen LogP contribution in [0.5, 0.6) is 0 Å². The Morgan fingerprint density at radius 3 is 2.32 bits per heavy atom. The fraction of sp³-hybridized carbons (Fsp3) is 0.0800. The highest BCUT2D eigenvalue weighted by Gasteiger charge is 2.18. The molecule has 4 aromatic rings. The number of benzene rings is 3. The predicted molar refractivity (Wildman–Crippen MR) is 117 cm³/mol. The van der Waals surface area contributed by atoms with Crippen LogP contribution in [-0.2, 0) is 6.54 Å². The number of anilines is 1. The number of amides is 1. The van der Waals surface area contributed by atoms with E-state index in [1.807, 2.05) is 19.1 Å². The van der Waals surface area contributed by atoms with Crippen molar-refractivity contribution in [2.24, 2.45) is 0 Å². The first-order valence-electron chi connectivity index (χ1n) is 9.80. The number of carbonyl (C=O) groups is 2. The number of rotatable bonds is 6. The smallest absolute Gasteiger partial charge is 0.257 e. The van der Waals surface area contributed by atoms with Gasteiger partial charge >= 0.3 is 0 Å². The lowest BCUT2D eigenvalue weighted by Gasteiger charge is -2.09. The lowest BCUT2D eigenvalue weighted by molar-refractivity contribution is 0.0996. The van der Waals surface area contributed by atoms with Crippen molar-refractivity contribution in [2.75, 3.05) is 5.32 Å². The lowest BCUT2D eigenvalue weighted by Crippen LogP contribution is -2.17. The Morgan fingerprint density at radius 2 is 1.58 bits per heavy atom. The van der Waals surface area contributed by atoms with Gasteiger partial charge in [-0.05, 0) is 19.1 Å². The summed E-state index contributed by atoms with van der Waals surface area (Å²) in [5.74, 6) is -0.658. The average molecular weight is 413 g/mol. The van der Waals surface area contributed by atoms with Crippen molar-refractivity contribution in [1.29, 1.82) is 0 Å². The van der Waals surface area contributed by atoms with Crippen molar-refractivity contribution in [1.82, 2.24) is 9.78 Å². The molecule has 4 rings (SSSR count). The van der Waals surface area contributed by atoms with Gasteiger partial charge in [-0.3, -0.25) is 14.3 Å². The molecule has 0 atom stereocenters. The highest BCUT2D eigenvalue weighted by molar-refractivity contribution is 6.17. The summed E-state index contributed by atoms with van der Waals surface area (Å²) in [7, 11) is 0. The van der Waals surface area contributed by atoms with Crippen LogP contribution in [0.25, 0.3) is 0 Å². The Labute approximate surface area is 179 Å². The van der Waals surface area contributed by atoms with E-state index in [2.05, 4.69) is 10.4 Å². The minimum absolute atomic E-state index is 0.226. The van der Waals surface area contributed by atoms with E-state index in [4.69, 9.17) is 0 Å². The van der Waals surface area contributed by atoms with Gasteiger partial charge in [0, 0.05) is 29.0 Å². The van der Waals surface area contributed by atoms with E-state index in [0.717, 1.165) is 5.56 Å². The maximum Gasteiger partial charge on any atom is 0.257 e. The molecule has 0 saturated carbocycles. The number of hydrogen-bond acceptors (Lipinski definition) is 3. The second kappa shape index (κ2) is 8.75. The zero-order chi connectivity index (χ0) is 21.8. The van der Waals surface area contributed by atoms with E-state index in [-0.39, 0.29) is 23.7 Å². The first-order valence-corrected chi connectivity index (χ1v) is 9.80. The first-order chi connectivity index (χ1) is 15.0. The third-order valence-electron chi connectivity index (χ3n) is 4.90. The third-order valence-corrected chi connectivity index (χ3v) is 4.90. The molecule has 0 aliphatic rings. The molecule has 1 heterocycles. The molecule has 0 fully saturated rings. The molecule has 154 valence electrons. The third kappa shape index (κ3) is 4.59. The second-order valence-corrected chi connectivity index (χ2v) is 7.18. The fourth-order valence-corrected chi connectivity index (χ4v) is 3.24. The van der Waals surface area contributed by atoms with Gasteiger partial charge in [-0.25, -0.2) is 4.39 Å². The standard InChI is InChI=1S/C25H20FN3O2/c1-17-10-12-18(13-11-17)24(30)20-7-3-4-8-21(20)25(31)27-23-14-15-29(28-23)16-19-6-2-5-9-22(19)26/h2-15H,16H2,1H3,(H,27,28,31). The molecule has 5 nitrogen and oxygen atoms in total. The second-order valence-electron chi connectivity index (χ2n) is 7.18. The van der Waals surface area contributed by atoms with Gasteiger partial charge in [-0.1, -0.05) is 66.2 Å². The molecule has 0 bridgehead atoms. The molecule has 6 heteroatoms. The van der Waals surface area contributed by atoms with Crippen LogP contribution in [0.1, 0.15) is 37.4 Å². The number of nitrogens with zero attached hydrogens (tertiary/aromatic N) is 2. The number of nitrogens with one attached hydrogen (secondary N) is 1. The van der Waals surface area contributed by atoms with Crippen molar-refractivity contribution >= 4 is 17.5 Å². The monoisotopic (exact) mass is 413 g/mol. The summed E-state index contributed by atoms with van der Waals surface area (Å²) in [6.45, 7) is 2.19. The predicted octanol–water partition coefficient (Wildman–Crippen LogP) is 4.86. The molecule has 0 radical (unpaired) electrons. The molecule has 1 amide bonds. The highest BCUT2D eigenvalue weighted by Crippen LogP contribution is 2.17. The summed E-state index contributed by atoms with van der Waals surface area (Å²) in [6.07, 6.45) is 1.66. The molecule has 0 aliphatic carbocycles. The van der Waals surface area contributed by atoms with Crippen molar-refractivity contribution < 1.29 is 14.0 Å². The minimum Gasteiger partial charge on any atom is -0.305 e. The maximum absolute atomic E-state index is 13.9. The number of ketones is 1. The molecular formula is C25H20FN3O2. The quantitative estimate of drug-likeness (QED) is 0.459. The van der Waals surface area contributed by atoms with Gasteiger partial charge in [0.1, 0.15) is 5.82 Å². The summed E-state index contributed by atoms with van der Waals surface area (Å²) < 4.78 is 15.4. The average Bonchev–Trinajstić information content (AvgIpc) is 3.22. The van der Waals surface area contributed by atoms with Gasteiger partial charge in [0.05, 0.1) is 12.1 Å². The van der Waals surface area contributed by atoms with E-state index in [9.17, 15) is 14.0 Å². The van der Waals surface area contributed by atoms with Crippen LogP contribution in [0.3, 0.4) is 0 Å². The summed E-state index contributed by atoms with van der Waals surface area (Å²) in [6, 6.07) is 22.0. The number of carbonyl (C=O) groups excluding carboxylic acids is 2. The molecule has 1 aromatic heterocycles. The molecular weight excluding hydrogens is 393 g/mol. The van der Waals surface area contributed by atoms with Crippen LogP contribution >= 0.6 is 0 Å². The molecule has 0 aliphatic heterocycles. The van der Waals surface area contributed by atoms with Gasteiger partial charge < -0.3 is 5.32 Å². The number of hydrogen-bond donors (Lipinski definition) is 1. The first kappa shape index (κ1) is 20.2. The van der Waals surface area contributed by atoms with Gasteiger partial charge in [-0.2, -0.15) is 5.10 Å². The van der Waals surface area contributed by atoms with Crippen molar-refractivity contribution in [3.8, 4) is 0 Å². The van der Waals surface area contributed by atoms with E-state index < -0.39 is 5.91 Å². The SMILES string of the molecule is Cc1ccc(C(=O)c2ccccc2C(=O)Nc2ccn(Cc3ccccc3F)n2)cc1. The van der Waals surface area contributed by atoms with Crippen molar-refractivity contribution in [2.45, 2.75) is 13.5 Å². The van der Waals surface area contributed by atoms with Crippen molar-refractivity contribution in [3.05, 3.63) is 119 Å². The van der Waals surface area contributed by atoms with Crippen LogP contribution in [0.4, 0.5) is 10.2 Å². The number of halogens is 1. The van der Waals surface area contributed by atoms with Gasteiger partial charge in [-0.15, -0.1) is 0 Å². The zero-order valence-electron chi connectivity index (χ0n) is 16.9. The minimum atomic E-state index is -0.438. The Balaban J connectivity index is 1.52. The van der Waals surface area contributed by atoms with Crippen LogP contribution in [0, 0.1) is 12.7 Å². The summed E-state index contributed by atoms with van der Waals surface area (Å²) in [4.78, 5) is 25.8. The van der Waals surface area contributed by atoms with Crippen LogP contribution < -0.4 is 5.32 Å². The van der Waals surface area contributed by atoms with Crippen molar-refractivity contribution in [3.63, 3.8) is 0 Å². The lowest BCUT2D eigenvalue weighted by atomic mass is 9.97. The largest absolute Gasteiger partial charge is 0.305 e. The normalized spacial score (nSPS) is 10.6. The van der Waals surface area contributed by atoms with Gasteiger partial charge in [0.15, 0.2) is 11.6 Å². The Morgan fingerprint density at radius 1 is 0.903 bits per heavy atom. The van der Waals surface area contributed by atoms with Crippen LogP contribution in [0.2, 0.25) is 0 Å². The van der Waals surface area contributed by atoms with Gasteiger partial charge in [0.25, 0.3) is 5.91 Å². The topological polar surface area (TPSA) is 64.0 Å². The number of aryl methyl sites for hydroxylation is 1. The van der Waals surface area contributed by atoms with E-state index in [0.29, 0.717) is 22.5 Å². The van der Waals surface area contributed by atoms with E-state index >= 15 is 0 Å². The van der Waals surface area contributed by atoms with E-state index in [1.165, 1.54) is 10.7 Å².